The summed E-state index contributed by atoms with van der Waals surface area (Å²) in [6.07, 6.45) is 0. The van der Waals surface area contributed by atoms with Crippen molar-refractivity contribution < 1.29 is 4.79 Å². The quantitative estimate of drug-likeness (QED) is 0.779. The number of hydrogen-bond acceptors (Lipinski definition) is 3. The van der Waals surface area contributed by atoms with Gasteiger partial charge in [0.05, 0.1) is 11.4 Å². The molecule has 2 aromatic carbocycles. The van der Waals surface area contributed by atoms with Crippen LogP contribution in [0, 0.1) is 0 Å². The second-order valence-electron chi connectivity index (χ2n) is 4.26. The molecule has 0 spiro atoms. The molecular formula is C14H11BrN2OS. The SMILES string of the molecule is Nc1cccc2c1NC(=O)C(c1cccc(Br)c1)S2. The Morgan fingerprint density at radius 1 is 1.21 bits per heavy atom. The molecule has 19 heavy (non-hydrogen) atoms. The van der Waals surface area contributed by atoms with Crippen LogP contribution in [0.1, 0.15) is 10.8 Å². The van der Waals surface area contributed by atoms with Crippen molar-refractivity contribution >= 4 is 45.0 Å². The monoisotopic (exact) mass is 334 g/mol. The van der Waals surface area contributed by atoms with Crippen molar-refractivity contribution in [3.63, 3.8) is 0 Å². The van der Waals surface area contributed by atoms with E-state index >= 15 is 0 Å². The first-order valence-electron chi connectivity index (χ1n) is 5.76. The third kappa shape index (κ3) is 2.35. The number of rotatable bonds is 1. The van der Waals surface area contributed by atoms with Gasteiger partial charge in [0, 0.05) is 9.37 Å². The number of halogens is 1. The number of hydrogen-bond donors (Lipinski definition) is 2. The summed E-state index contributed by atoms with van der Waals surface area (Å²) in [6.45, 7) is 0. The first-order valence-corrected chi connectivity index (χ1v) is 7.44. The van der Waals surface area contributed by atoms with Crippen LogP contribution in [0.25, 0.3) is 0 Å². The maximum Gasteiger partial charge on any atom is 0.242 e. The standard InChI is InChI=1S/C14H11BrN2OS/c15-9-4-1-3-8(7-9)13-14(18)17-12-10(16)5-2-6-11(12)19-13/h1-7,13H,16H2,(H,17,18). The van der Waals surface area contributed by atoms with E-state index in [1.807, 2.05) is 36.4 Å². The van der Waals surface area contributed by atoms with Crippen LogP contribution >= 0.6 is 27.7 Å². The van der Waals surface area contributed by atoms with Gasteiger partial charge in [-0.3, -0.25) is 4.79 Å². The van der Waals surface area contributed by atoms with Gasteiger partial charge in [0.1, 0.15) is 5.25 Å². The molecule has 1 heterocycles. The van der Waals surface area contributed by atoms with E-state index in [1.54, 1.807) is 6.07 Å². The number of carbonyl (C=O) groups excluding carboxylic acids is 1. The van der Waals surface area contributed by atoms with Crippen LogP contribution in [0.2, 0.25) is 0 Å². The van der Waals surface area contributed by atoms with Gasteiger partial charge in [-0.25, -0.2) is 0 Å². The smallest absolute Gasteiger partial charge is 0.242 e. The van der Waals surface area contributed by atoms with Crippen LogP contribution < -0.4 is 11.1 Å². The van der Waals surface area contributed by atoms with Gasteiger partial charge in [0.25, 0.3) is 0 Å². The molecule has 0 saturated carbocycles. The predicted octanol–water partition coefficient (Wildman–Crippen LogP) is 3.82. The van der Waals surface area contributed by atoms with Crippen LogP contribution in [-0.4, -0.2) is 5.91 Å². The number of fused-ring (bicyclic) bond motifs is 1. The highest BCUT2D eigenvalue weighted by Gasteiger charge is 2.29. The van der Waals surface area contributed by atoms with Crippen molar-refractivity contribution in [2.45, 2.75) is 10.1 Å². The molecule has 96 valence electrons. The third-order valence-corrected chi connectivity index (χ3v) is 4.75. The van der Waals surface area contributed by atoms with Crippen LogP contribution in [0.5, 0.6) is 0 Å². The first kappa shape index (κ1) is 12.6. The maximum atomic E-state index is 12.2. The molecule has 0 aliphatic carbocycles. The van der Waals surface area contributed by atoms with E-state index in [4.69, 9.17) is 5.73 Å². The van der Waals surface area contributed by atoms with Crippen molar-refractivity contribution in [3.05, 3.63) is 52.5 Å². The minimum absolute atomic E-state index is 0.0338. The first-order chi connectivity index (χ1) is 9.15. The fourth-order valence-corrected chi connectivity index (χ4v) is 3.60. The summed E-state index contributed by atoms with van der Waals surface area (Å²) in [6, 6.07) is 13.5. The van der Waals surface area contributed by atoms with Gasteiger partial charge < -0.3 is 11.1 Å². The van der Waals surface area contributed by atoms with Gasteiger partial charge in [-0.15, -0.1) is 11.8 Å². The fourth-order valence-electron chi connectivity index (χ4n) is 2.04. The number of carbonyl (C=O) groups is 1. The Kier molecular flexibility index (Phi) is 3.24. The van der Waals surface area contributed by atoms with Gasteiger partial charge in [-0.05, 0) is 29.8 Å². The number of para-hydroxylation sites is 1. The van der Waals surface area contributed by atoms with Gasteiger partial charge in [0.2, 0.25) is 5.91 Å². The molecule has 1 atom stereocenters. The number of thioether (sulfide) groups is 1. The summed E-state index contributed by atoms with van der Waals surface area (Å²) < 4.78 is 0.969. The lowest BCUT2D eigenvalue weighted by atomic mass is 10.1. The summed E-state index contributed by atoms with van der Waals surface area (Å²) in [5, 5.41) is 2.65. The average Bonchev–Trinajstić information content (AvgIpc) is 2.39. The van der Waals surface area contributed by atoms with Crippen molar-refractivity contribution in [2.24, 2.45) is 0 Å². The van der Waals surface area contributed by atoms with Crippen molar-refractivity contribution in [2.75, 3.05) is 11.1 Å². The van der Waals surface area contributed by atoms with Crippen molar-refractivity contribution in [1.82, 2.24) is 0 Å². The van der Waals surface area contributed by atoms with E-state index in [0.717, 1.165) is 20.6 Å². The predicted molar refractivity (Wildman–Crippen MR) is 82.2 cm³/mol. The van der Waals surface area contributed by atoms with Crippen molar-refractivity contribution in [3.8, 4) is 0 Å². The van der Waals surface area contributed by atoms with E-state index in [0.29, 0.717) is 5.69 Å². The molecule has 1 unspecified atom stereocenters. The Balaban J connectivity index is 2.00. The number of amides is 1. The molecule has 1 aliphatic rings. The van der Waals surface area contributed by atoms with Gasteiger partial charge >= 0.3 is 0 Å². The number of benzene rings is 2. The second kappa shape index (κ2) is 4.90. The van der Waals surface area contributed by atoms with E-state index in [2.05, 4.69) is 21.2 Å². The summed E-state index contributed by atoms with van der Waals surface area (Å²) in [5.41, 5.74) is 8.18. The number of anilines is 2. The highest BCUT2D eigenvalue weighted by molar-refractivity contribution is 9.10. The zero-order chi connectivity index (χ0) is 13.4. The molecule has 3 nitrogen and oxygen atoms in total. The Labute approximate surface area is 123 Å². The highest BCUT2D eigenvalue weighted by Crippen LogP contribution is 2.45. The lowest BCUT2D eigenvalue weighted by Crippen LogP contribution is -2.23. The zero-order valence-electron chi connectivity index (χ0n) is 9.89. The number of nitrogen functional groups attached to an aromatic ring is 1. The van der Waals surface area contributed by atoms with Gasteiger partial charge in [-0.1, -0.05) is 34.1 Å². The molecule has 0 saturated heterocycles. The highest BCUT2D eigenvalue weighted by atomic mass is 79.9. The molecular weight excluding hydrogens is 324 g/mol. The minimum atomic E-state index is -0.244. The molecule has 0 fully saturated rings. The Bertz CT molecular complexity index is 660. The molecule has 0 aromatic heterocycles. The van der Waals surface area contributed by atoms with E-state index in [1.165, 1.54) is 11.8 Å². The summed E-state index contributed by atoms with van der Waals surface area (Å²) in [7, 11) is 0. The van der Waals surface area contributed by atoms with Crippen LogP contribution in [0.4, 0.5) is 11.4 Å². The van der Waals surface area contributed by atoms with Crippen LogP contribution in [-0.2, 0) is 4.79 Å². The normalized spacial score (nSPS) is 17.7. The second-order valence-corrected chi connectivity index (χ2v) is 6.33. The van der Waals surface area contributed by atoms with Gasteiger partial charge in [0.15, 0.2) is 0 Å². The lowest BCUT2D eigenvalue weighted by molar-refractivity contribution is -0.115. The lowest BCUT2D eigenvalue weighted by Gasteiger charge is -2.25. The largest absolute Gasteiger partial charge is 0.397 e. The topological polar surface area (TPSA) is 55.1 Å². The molecule has 3 rings (SSSR count). The third-order valence-electron chi connectivity index (χ3n) is 2.94. The molecule has 3 N–H and O–H groups in total. The average molecular weight is 335 g/mol. The number of nitrogens with one attached hydrogen (secondary N) is 1. The fraction of sp³-hybridized carbons (Fsp3) is 0.0714. The van der Waals surface area contributed by atoms with Gasteiger partial charge in [-0.2, -0.15) is 0 Å². The molecule has 1 aliphatic heterocycles. The molecule has 2 aromatic rings. The summed E-state index contributed by atoms with van der Waals surface area (Å²) in [5.74, 6) is -0.0338. The molecule has 0 bridgehead atoms. The molecule has 5 heteroatoms. The minimum Gasteiger partial charge on any atom is -0.397 e. The van der Waals surface area contributed by atoms with Crippen LogP contribution in [0.15, 0.2) is 51.8 Å². The summed E-state index contributed by atoms with van der Waals surface area (Å²) >= 11 is 4.96. The maximum absolute atomic E-state index is 12.2. The molecule has 0 radical (unpaired) electrons. The molecule has 1 amide bonds. The van der Waals surface area contributed by atoms with Crippen molar-refractivity contribution in [1.29, 1.82) is 0 Å². The Morgan fingerprint density at radius 3 is 2.79 bits per heavy atom. The van der Waals surface area contributed by atoms with Crippen LogP contribution in [0.3, 0.4) is 0 Å². The Morgan fingerprint density at radius 2 is 2.00 bits per heavy atom. The number of nitrogens with two attached hydrogens (primary N) is 1. The van der Waals surface area contributed by atoms with E-state index in [-0.39, 0.29) is 11.2 Å². The zero-order valence-corrected chi connectivity index (χ0v) is 12.3. The summed E-state index contributed by atoms with van der Waals surface area (Å²) in [4.78, 5) is 13.2. The van der Waals surface area contributed by atoms with E-state index < -0.39 is 0 Å². The Hall–Kier alpha value is -1.46. The van der Waals surface area contributed by atoms with E-state index in [9.17, 15) is 4.79 Å².